The molecule has 0 aliphatic heterocycles. The van der Waals surface area contributed by atoms with Crippen LogP contribution < -0.4 is 10.7 Å². The van der Waals surface area contributed by atoms with E-state index in [4.69, 9.17) is 9.47 Å². The highest BCUT2D eigenvalue weighted by atomic mass is 16.6. The molecule has 0 radical (unpaired) electrons. The standard InChI is InChI=1S/C26H33N5O4/c1-4-6-7-8-15-35-26(33)30-28-17-19-9-12-21(13-10-19)27-18-24-29-22-16-20(25(32)34-5-2)11-14-23(22)31(24)3/h9-14,16-17,27H,4-8,15,18H2,1-3H3,(H,30,33)/b28-17+. The van der Waals surface area contributed by atoms with E-state index in [0.717, 1.165) is 53.8 Å². The first kappa shape index (κ1) is 25.7. The first-order valence-electron chi connectivity index (χ1n) is 11.9. The topological polar surface area (TPSA) is 107 Å². The lowest BCUT2D eigenvalue weighted by molar-refractivity contribution is 0.0526. The number of amides is 1. The van der Waals surface area contributed by atoms with Gasteiger partial charge < -0.3 is 19.4 Å². The van der Waals surface area contributed by atoms with Gasteiger partial charge in [0.25, 0.3) is 0 Å². The first-order valence-corrected chi connectivity index (χ1v) is 11.9. The minimum Gasteiger partial charge on any atom is -0.462 e. The van der Waals surface area contributed by atoms with Crippen molar-refractivity contribution in [3.05, 3.63) is 59.4 Å². The number of anilines is 1. The summed E-state index contributed by atoms with van der Waals surface area (Å²) in [6, 6.07) is 13.0. The normalized spacial score (nSPS) is 11.1. The maximum Gasteiger partial charge on any atom is 0.427 e. The number of aryl methyl sites for hydroxylation is 1. The van der Waals surface area contributed by atoms with E-state index < -0.39 is 6.09 Å². The third-order valence-corrected chi connectivity index (χ3v) is 5.45. The molecular weight excluding hydrogens is 446 g/mol. The van der Waals surface area contributed by atoms with E-state index in [1.807, 2.05) is 41.9 Å². The summed E-state index contributed by atoms with van der Waals surface area (Å²) in [5, 5.41) is 7.28. The van der Waals surface area contributed by atoms with Gasteiger partial charge in [0.2, 0.25) is 0 Å². The summed E-state index contributed by atoms with van der Waals surface area (Å²) >= 11 is 0. The second-order valence-corrected chi connectivity index (χ2v) is 8.05. The Morgan fingerprint density at radius 2 is 1.86 bits per heavy atom. The van der Waals surface area contributed by atoms with Gasteiger partial charge in [0.1, 0.15) is 5.82 Å². The minimum atomic E-state index is -0.548. The fraction of sp³-hybridized carbons (Fsp3) is 0.385. The van der Waals surface area contributed by atoms with Crippen LogP contribution in [0.4, 0.5) is 10.5 Å². The van der Waals surface area contributed by atoms with E-state index in [1.165, 1.54) is 0 Å². The molecule has 3 aromatic rings. The molecule has 0 bridgehead atoms. The predicted molar refractivity (Wildman–Crippen MR) is 137 cm³/mol. The first-order chi connectivity index (χ1) is 17.0. The number of hydrogen-bond donors (Lipinski definition) is 2. The second kappa shape index (κ2) is 13.1. The highest BCUT2D eigenvalue weighted by molar-refractivity contribution is 5.93. The number of nitrogens with one attached hydrogen (secondary N) is 2. The zero-order valence-electron chi connectivity index (χ0n) is 20.5. The predicted octanol–water partition coefficient (Wildman–Crippen LogP) is 5.00. The van der Waals surface area contributed by atoms with Crippen molar-refractivity contribution < 1.29 is 19.1 Å². The van der Waals surface area contributed by atoms with Crippen LogP contribution in [0.25, 0.3) is 11.0 Å². The Morgan fingerprint density at radius 3 is 2.60 bits per heavy atom. The molecular formula is C26H33N5O4. The molecule has 9 heteroatoms. The summed E-state index contributed by atoms with van der Waals surface area (Å²) in [5.74, 6) is 0.488. The van der Waals surface area contributed by atoms with Crippen LogP contribution in [0, 0.1) is 0 Å². The summed E-state index contributed by atoms with van der Waals surface area (Å²) in [4.78, 5) is 28.3. The van der Waals surface area contributed by atoms with Gasteiger partial charge in [-0.15, -0.1) is 0 Å². The maximum atomic E-state index is 12.0. The third kappa shape index (κ3) is 7.56. The van der Waals surface area contributed by atoms with Crippen LogP contribution in [0.3, 0.4) is 0 Å². The number of esters is 1. The summed E-state index contributed by atoms with van der Waals surface area (Å²) in [6.45, 7) is 5.17. The largest absolute Gasteiger partial charge is 0.462 e. The molecule has 2 aromatic carbocycles. The van der Waals surface area contributed by atoms with Crippen LogP contribution in [-0.2, 0) is 23.1 Å². The maximum absolute atomic E-state index is 12.0. The summed E-state index contributed by atoms with van der Waals surface area (Å²) < 4.78 is 12.1. The number of fused-ring (bicyclic) bond motifs is 1. The zero-order chi connectivity index (χ0) is 25.0. The van der Waals surface area contributed by atoms with Crippen molar-refractivity contribution in [3.8, 4) is 0 Å². The number of hydrazone groups is 1. The van der Waals surface area contributed by atoms with Crippen LogP contribution in [0.1, 0.15) is 61.3 Å². The molecule has 3 rings (SSSR count). The van der Waals surface area contributed by atoms with Crippen molar-refractivity contribution in [2.75, 3.05) is 18.5 Å². The van der Waals surface area contributed by atoms with Crippen LogP contribution in [0.5, 0.6) is 0 Å². The number of benzene rings is 2. The molecule has 186 valence electrons. The van der Waals surface area contributed by atoms with E-state index in [2.05, 4.69) is 27.8 Å². The van der Waals surface area contributed by atoms with Gasteiger partial charge in [0, 0.05) is 12.7 Å². The number of carbonyl (C=O) groups excluding carboxylic acids is 2. The zero-order valence-corrected chi connectivity index (χ0v) is 20.5. The molecule has 0 aliphatic rings. The molecule has 1 amide bonds. The van der Waals surface area contributed by atoms with E-state index >= 15 is 0 Å². The highest BCUT2D eigenvalue weighted by Gasteiger charge is 2.12. The van der Waals surface area contributed by atoms with Gasteiger partial charge in [-0.1, -0.05) is 38.3 Å². The van der Waals surface area contributed by atoms with Crippen molar-refractivity contribution >= 4 is 35.0 Å². The number of rotatable bonds is 12. The monoisotopic (exact) mass is 479 g/mol. The average molecular weight is 480 g/mol. The number of imidazole rings is 1. The second-order valence-electron chi connectivity index (χ2n) is 8.05. The molecule has 0 aliphatic carbocycles. The SMILES string of the molecule is CCCCCCOC(=O)N/N=C/c1ccc(NCc2nc3cc(C(=O)OCC)ccc3n2C)cc1. The van der Waals surface area contributed by atoms with Crippen molar-refractivity contribution in [1.29, 1.82) is 0 Å². The van der Waals surface area contributed by atoms with Gasteiger partial charge in [-0.2, -0.15) is 5.10 Å². The Kier molecular flexibility index (Phi) is 9.65. The van der Waals surface area contributed by atoms with Gasteiger partial charge >= 0.3 is 12.1 Å². The van der Waals surface area contributed by atoms with Gasteiger partial charge in [0.15, 0.2) is 0 Å². The van der Waals surface area contributed by atoms with E-state index in [1.54, 1.807) is 25.3 Å². The van der Waals surface area contributed by atoms with Crippen LogP contribution >= 0.6 is 0 Å². The fourth-order valence-corrected chi connectivity index (χ4v) is 3.50. The van der Waals surface area contributed by atoms with E-state index in [-0.39, 0.29) is 5.97 Å². The van der Waals surface area contributed by atoms with Crippen molar-refractivity contribution in [2.24, 2.45) is 12.1 Å². The molecule has 1 heterocycles. The lowest BCUT2D eigenvalue weighted by atomic mass is 10.2. The molecule has 0 spiro atoms. The molecule has 0 saturated carbocycles. The van der Waals surface area contributed by atoms with E-state index in [0.29, 0.717) is 25.3 Å². The summed E-state index contributed by atoms with van der Waals surface area (Å²) in [5.41, 5.74) is 6.30. The Morgan fingerprint density at radius 1 is 1.06 bits per heavy atom. The number of unbranched alkanes of at least 4 members (excludes halogenated alkanes) is 3. The number of nitrogens with zero attached hydrogens (tertiary/aromatic N) is 3. The third-order valence-electron chi connectivity index (χ3n) is 5.45. The Bertz CT molecular complexity index is 1150. The Labute approximate surface area is 205 Å². The molecule has 9 nitrogen and oxygen atoms in total. The molecule has 2 N–H and O–H groups in total. The van der Waals surface area contributed by atoms with Gasteiger partial charge in [0.05, 0.1) is 42.6 Å². The molecule has 35 heavy (non-hydrogen) atoms. The summed E-state index contributed by atoms with van der Waals surface area (Å²) in [7, 11) is 1.94. The van der Waals surface area contributed by atoms with Crippen LogP contribution in [0.2, 0.25) is 0 Å². The fourth-order valence-electron chi connectivity index (χ4n) is 3.50. The summed E-state index contributed by atoms with van der Waals surface area (Å²) in [6.07, 6.45) is 5.22. The van der Waals surface area contributed by atoms with Gasteiger partial charge in [-0.05, 0) is 49.2 Å². The average Bonchev–Trinajstić information content (AvgIpc) is 3.18. The van der Waals surface area contributed by atoms with Gasteiger partial charge in [-0.3, -0.25) is 0 Å². The van der Waals surface area contributed by atoms with Crippen molar-refractivity contribution in [1.82, 2.24) is 15.0 Å². The molecule has 0 saturated heterocycles. The number of aromatic nitrogens is 2. The van der Waals surface area contributed by atoms with Crippen molar-refractivity contribution in [2.45, 2.75) is 46.1 Å². The highest BCUT2D eigenvalue weighted by Crippen LogP contribution is 2.19. The molecule has 1 aromatic heterocycles. The van der Waals surface area contributed by atoms with Crippen molar-refractivity contribution in [3.63, 3.8) is 0 Å². The lowest BCUT2D eigenvalue weighted by Crippen LogP contribution is -2.19. The van der Waals surface area contributed by atoms with E-state index in [9.17, 15) is 9.59 Å². The van der Waals surface area contributed by atoms with Crippen LogP contribution in [-0.4, -0.2) is 41.0 Å². The smallest absolute Gasteiger partial charge is 0.427 e. The number of hydrogen-bond acceptors (Lipinski definition) is 7. The Balaban J connectivity index is 1.50. The number of carbonyl (C=O) groups is 2. The quantitative estimate of drug-likeness (QED) is 0.164. The lowest BCUT2D eigenvalue weighted by Gasteiger charge is -2.07. The molecule has 0 unspecified atom stereocenters. The number of ether oxygens (including phenoxy) is 2. The van der Waals surface area contributed by atoms with Crippen LogP contribution in [0.15, 0.2) is 47.6 Å². The molecule has 0 fully saturated rings. The Hall–Kier alpha value is -3.88. The minimum absolute atomic E-state index is 0.334. The van der Waals surface area contributed by atoms with Gasteiger partial charge in [-0.25, -0.2) is 20.0 Å². The molecule has 0 atom stereocenters.